The maximum Gasteiger partial charge on any atom is 0.227 e. The molecule has 0 radical (unpaired) electrons. The first-order valence-corrected chi connectivity index (χ1v) is 6.98. The van der Waals surface area contributed by atoms with Crippen LogP contribution in [-0.2, 0) is 11.2 Å². The predicted octanol–water partition coefficient (Wildman–Crippen LogP) is 3.27. The molecular weight excluding hydrogens is 238 g/mol. The highest BCUT2D eigenvalue weighted by Crippen LogP contribution is 2.14. The zero-order valence-corrected chi connectivity index (χ0v) is 12.6. The highest BCUT2D eigenvalue weighted by Gasteiger charge is 2.19. The van der Waals surface area contributed by atoms with Gasteiger partial charge in [0.2, 0.25) is 5.91 Å². The number of carbonyl (C=O) groups excluding carboxylic acids is 1. The van der Waals surface area contributed by atoms with Crippen molar-refractivity contribution in [1.29, 1.82) is 0 Å². The van der Waals surface area contributed by atoms with E-state index in [1.54, 1.807) is 0 Å². The van der Waals surface area contributed by atoms with Crippen molar-refractivity contribution in [3.8, 4) is 5.75 Å². The number of benzene rings is 1. The van der Waals surface area contributed by atoms with E-state index in [1.807, 2.05) is 36.1 Å². The zero-order chi connectivity index (χ0) is 14.4. The fourth-order valence-corrected chi connectivity index (χ4v) is 2.31. The summed E-state index contributed by atoms with van der Waals surface area (Å²) >= 11 is 0. The van der Waals surface area contributed by atoms with Crippen molar-refractivity contribution < 1.29 is 9.53 Å². The van der Waals surface area contributed by atoms with Gasteiger partial charge in [0.1, 0.15) is 5.75 Å². The quantitative estimate of drug-likeness (QED) is 0.788. The Morgan fingerprint density at radius 2 is 1.63 bits per heavy atom. The molecule has 0 saturated heterocycles. The van der Waals surface area contributed by atoms with Gasteiger partial charge in [-0.1, -0.05) is 12.1 Å². The van der Waals surface area contributed by atoms with Crippen molar-refractivity contribution >= 4 is 5.91 Å². The lowest BCUT2D eigenvalue weighted by molar-refractivity contribution is -0.134. The molecule has 1 rings (SSSR count). The average molecular weight is 263 g/mol. The van der Waals surface area contributed by atoms with Gasteiger partial charge >= 0.3 is 0 Å². The highest BCUT2D eigenvalue weighted by atomic mass is 16.5. The smallest absolute Gasteiger partial charge is 0.227 e. The lowest BCUT2D eigenvalue weighted by Crippen LogP contribution is -2.42. The van der Waals surface area contributed by atoms with Crippen LogP contribution in [0.25, 0.3) is 0 Å². The van der Waals surface area contributed by atoms with Crippen LogP contribution in [0.1, 0.15) is 40.2 Å². The lowest BCUT2D eigenvalue weighted by atomic mass is 10.1. The van der Waals surface area contributed by atoms with Crippen LogP contribution in [0.4, 0.5) is 0 Å². The summed E-state index contributed by atoms with van der Waals surface area (Å²) in [5, 5.41) is 0. The van der Waals surface area contributed by atoms with Crippen molar-refractivity contribution in [1.82, 2.24) is 4.90 Å². The molecule has 106 valence electrons. The molecule has 19 heavy (non-hydrogen) atoms. The predicted molar refractivity (Wildman–Crippen MR) is 78.4 cm³/mol. The van der Waals surface area contributed by atoms with E-state index in [4.69, 9.17) is 4.74 Å². The molecule has 3 heteroatoms. The minimum atomic E-state index is 0.175. The topological polar surface area (TPSA) is 29.5 Å². The molecule has 0 saturated carbocycles. The van der Waals surface area contributed by atoms with Crippen molar-refractivity contribution in [2.75, 3.05) is 6.61 Å². The van der Waals surface area contributed by atoms with Gasteiger partial charge in [0, 0.05) is 12.1 Å². The van der Waals surface area contributed by atoms with Gasteiger partial charge in [-0.2, -0.15) is 0 Å². The van der Waals surface area contributed by atoms with Gasteiger partial charge in [0.25, 0.3) is 0 Å². The van der Waals surface area contributed by atoms with E-state index in [0.29, 0.717) is 13.0 Å². The van der Waals surface area contributed by atoms with Crippen LogP contribution >= 0.6 is 0 Å². The Morgan fingerprint density at radius 1 is 1.11 bits per heavy atom. The van der Waals surface area contributed by atoms with Gasteiger partial charge in [0.15, 0.2) is 0 Å². The van der Waals surface area contributed by atoms with Crippen molar-refractivity contribution in [3.05, 3.63) is 29.8 Å². The molecule has 0 aromatic heterocycles. The van der Waals surface area contributed by atoms with Gasteiger partial charge in [-0.05, 0) is 52.3 Å². The van der Waals surface area contributed by atoms with E-state index in [9.17, 15) is 4.79 Å². The van der Waals surface area contributed by atoms with E-state index in [2.05, 4.69) is 27.7 Å². The molecule has 3 nitrogen and oxygen atoms in total. The lowest BCUT2D eigenvalue weighted by Gasteiger charge is -2.31. The standard InChI is InChI=1S/C16H25NO2/c1-6-19-15-9-7-14(8-10-15)11-16(18)17(12(2)3)13(4)5/h7-10,12-13H,6,11H2,1-5H3. The third kappa shape index (κ3) is 4.58. The summed E-state index contributed by atoms with van der Waals surface area (Å²) in [5.74, 6) is 1.03. The molecule has 1 aromatic carbocycles. The zero-order valence-electron chi connectivity index (χ0n) is 12.6. The third-order valence-corrected chi connectivity index (χ3v) is 2.99. The van der Waals surface area contributed by atoms with Gasteiger partial charge in [-0.3, -0.25) is 4.79 Å². The molecular formula is C16H25NO2. The van der Waals surface area contributed by atoms with Crippen LogP contribution in [0.15, 0.2) is 24.3 Å². The number of nitrogens with zero attached hydrogens (tertiary/aromatic N) is 1. The molecule has 0 atom stereocenters. The SMILES string of the molecule is CCOc1ccc(CC(=O)N(C(C)C)C(C)C)cc1. The summed E-state index contributed by atoms with van der Waals surface area (Å²) in [4.78, 5) is 14.2. The van der Waals surface area contributed by atoms with E-state index >= 15 is 0 Å². The minimum Gasteiger partial charge on any atom is -0.494 e. The second kappa shape index (κ2) is 7.17. The average Bonchev–Trinajstić information content (AvgIpc) is 2.31. The maximum atomic E-state index is 12.3. The van der Waals surface area contributed by atoms with Gasteiger partial charge in [-0.25, -0.2) is 0 Å². The molecule has 1 aromatic rings. The van der Waals surface area contributed by atoms with E-state index in [1.165, 1.54) is 0 Å². The fraction of sp³-hybridized carbons (Fsp3) is 0.562. The van der Waals surface area contributed by atoms with E-state index < -0.39 is 0 Å². The van der Waals surface area contributed by atoms with E-state index in [0.717, 1.165) is 11.3 Å². The first kappa shape index (κ1) is 15.5. The van der Waals surface area contributed by atoms with Crippen LogP contribution in [0.3, 0.4) is 0 Å². The maximum absolute atomic E-state index is 12.3. The van der Waals surface area contributed by atoms with Crippen LogP contribution in [-0.4, -0.2) is 29.5 Å². The summed E-state index contributed by atoms with van der Waals surface area (Å²) in [6, 6.07) is 8.22. The molecule has 0 aliphatic rings. The second-order valence-electron chi connectivity index (χ2n) is 5.24. The van der Waals surface area contributed by atoms with Crippen LogP contribution in [0.2, 0.25) is 0 Å². The normalized spacial score (nSPS) is 10.9. The Hall–Kier alpha value is -1.51. The summed E-state index contributed by atoms with van der Waals surface area (Å²) in [7, 11) is 0. The molecule has 0 spiro atoms. The summed E-state index contributed by atoms with van der Waals surface area (Å²) in [6.07, 6.45) is 0.447. The largest absolute Gasteiger partial charge is 0.494 e. The number of ether oxygens (including phenoxy) is 1. The van der Waals surface area contributed by atoms with Crippen LogP contribution in [0, 0.1) is 0 Å². The fourth-order valence-electron chi connectivity index (χ4n) is 2.31. The van der Waals surface area contributed by atoms with Crippen LogP contribution in [0.5, 0.6) is 5.75 Å². The van der Waals surface area contributed by atoms with Crippen molar-refractivity contribution in [2.24, 2.45) is 0 Å². The summed E-state index contributed by atoms with van der Waals surface area (Å²) < 4.78 is 5.39. The number of carbonyl (C=O) groups is 1. The molecule has 0 fully saturated rings. The van der Waals surface area contributed by atoms with Gasteiger partial charge in [-0.15, -0.1) is 0 Å². The molecule has 0 aliphatic carbocycles. The second-order valence-corrected chi connectivity index (χ2v) is 5.24. The Morgan fingerprint density at radius 3 is 2.05 bits per heavy atom. The number of rotatable bonds is 6. The highest BCUT2D eigenvalue weighted by molar-refractivity contribution is 5.79. The summed E-state index contributed by atoms with van der Waals surface area (Å²) in [5.41, 5.74) is 1.03. The number of hydrogen-bond donors (Lipinski definition) is 0. The molecule has 0 unspecified atom stereocenters. The molecule has 1 amide bonds. The first-order chi connectivity index (χ1) is 8.95. The van der Waals surface area contributed by atoms with E-state index in [-0.39, 0.29) is 18.0 Å². The minimum absolute atomic E-state index is 0.175. The molecule has 0 heterocycles. The third-order valence-electron chi connectivity index (χ3n) is 2.99. The molecule has 0 aliphatic heterocycles. The Labute approximate surface area is 116 Å². The molecule has 0 N–H and O–H groups in total. The van der Waals surface area contributed by atoms with Gasteiger partial charge < -0.3 is 9.64 Å². The first-order valence-electron chi connectivity index (χ1n) is 6.98. The Balaban J connectivity index is 2.70. The molecule has 0 bridgehead atoms. The van der Waals surface area contributed by atoms with Gasteiger partial charge in [0.05, 0.1) is 13.0 Å². The number of hydrogen-bond acceptors (Lipinski definition) is 2. The monoisotopic (exact) mass is 263 g/mol. The Bertz CT molecular complexity index is 388. The van der Waals surface area contributed by atoms with Crippen molar-refractivity contribution in [2.45, 2.75) is 53.1 Å². The number of amides is 1. The van der Waals surface area contributed by atoms with Crippen molar-refractivity contribution in [3.63, 3.8) is 0 Å². The van der Waals surface area contributed by atoms with Crippen LogP contribution < -0.4 is 4.74 Å². The Kier molecular flexibility index (Phi) is 5.87. The summed E-state index contributed by atoms with van der Waals surface area (Å²) in [6.45, 7) is 10.8.